The minimum atomic E-state index is -0.395. The number of hydrogen-bond acceptors (Lipinski definition) is 2. The van der Waals surface area contributed by atoms with E-state index in [0.717, 1.165) is 12.8 Å². The highest BCUT2D eigenvalue weighted by atomic mass is 35.5. The number of nitrogens with two attached hydrogens (primary N) is 1. The Labute approximate surface area is 122 Å². The summed E-state index contributed by atoms with van der Waals surface area (Å²) >= 11 is 0. The molecule has 0 aliphatic heterocycles. The lowest BCUT2D eigenvalue weighted by molar-refractivity contribution is -0.123. The van der Waals surface area contributed by atoms with Crippen molar-refractivity contribution in [3.05, 3.63) is 35.4 Å². The second-order valence-corrected chi connectivity index (χ2v) is 4.94. The van der Waals surface area contributed by atoms with Gasteiger partial charge in [0.1, 0.15) is 0 Å². The summed E-state index contributed by atoms with van der Waals surface area (Å²) in [7, 11) is 0. The molecular formula is C15H25ClN2O. The molecule has 0 spiro atoms. The van der Waals surface area contributed by atoms with Crippen molar-refractivity contribution >= 4 is 18.3 Å². The van der Waals surface area contributed by atoms with Gasteiger partial charge < -0.3 is 11.1 Å². The molecule has 0 radical (unpaired) electrons. The van der Waals surface area contributed by atoms with Gasteiger partial charge in [0.25, 0.3) is 0 Å². The summed E-state index contributed by atoms with van der Waals surface area (Å²) in [6.07, 6.45) is 1.77. The second kappa shape index (κ2) is 8.94. The highest BCUT2D eigenvalue weighted by Gasteiger charge is 2.18. The molecule has 19 heavy (non-hydrogen) atoms. The van der Waals surface area contributed by atoms with Gasteiger partial charge in [-0.05, 0) is 24.8 Å². The summed E-state index contributed by atoms with van der Waals surface area (Å²) in [5.41, 5.74) is 8.34. The Bertz CT molecular complexity index is 378. The van der Waals surface area contributed by atoms with E-state index in [-0.39, 0.29) is 24.2 Å². The number of aryl methyl sites for hydroxylation is 1. The van der Waals surface area contributed by atoms with E-state index in [0.29, 0.717) is 6.54 Å². The van der Waals surface area contributed by atoms with Crippen LogP contribution in [0.15, 0.2) is 24.3 Å². The van der Waals surface area contributed by atoms with E-state index >= 15 is 0 Å². The number of halogens is 1. The molecule has 2 atom stereocenters. The first-order chi connectivity index (χ1) is 8.54. The Balaban J connectivity index is 0.00000324. The van der Waals surface area contributed by atoms with E-state index < -0.39 is 6.04 Å². The molecule has 0 bridgehead atoms. The Morgan fingerprint density at radius 2 is 1.89 bits per heavy atom. The van der Waals surface area contributed by atoms with E-state index in [9.17, 15) is 4.79 Å². The van der Waals surface area contributed by atoms with Crippen molar-refractivity contribution in [3.8, 4) is 0 Å². The number of benzene rings is 1. The van der Waals surface area contributed by atoms with Crippen LogP contribution >= 0.6 is 12.4 Å². The first-order valence-electron chi connectivity index (χ1n) is 6.63. The summed E-state index contributed by atoms with van der Waals surface area (Å²) in [5.74, 6) is 0.181. The number of carbonyl (C=O) groups is 1. The zero-order chi connectivity index (χ0) is 13.5. The third-order valence-electron chi connectivity index (χ3n) is 3.39. The molecule has 2 unspecified atom stereocenters. The molecule has 0 saturated heterocycles. The summed E-state index contributed by atoms with van der Waals surface area (Å²) in [4.78, 5) is 11.8. The molecule has 0 saturated carbocycles. The third-order valence-corrected chi connectivity index (χ3v) is 3.39. The van der Waals surface area contributed by atoms with Gasteiger partial charge in [-0.3, -0.25) is 4.79 Å². The van der Waals surface area contributed by atoms with Gasteiger partial charge in [-0.15, -0.1) is 12.4 Å². The van der Waals surface area contributed by atoms with Crippen LogP contribution in [0.5, 0.6) is 0 Å². The summed E-state index contributed by atoms with van der Waals surface area (Å²) < 4.78 is 0. The average molecular weight is 285 g/mol. The lowest BCUT2D eigenvalue weighted by Gasteiger charge is -2.17. The Kier molecular flexibility index (Phi) is 8.44. The molecule has 0 aromatic heterocycles. The first kappa shape index (κ1) is 17.9. The number of hydrogen-bond donors (Lipinski definition) is 2. The van der Waals surface area contributed by atoms with Crippen LogP contribution in [-0.4, -0.2) is 18.5 Å². The molecule has 4 heteroatoms. The highest BCUT2D eigenvalue weighted by Crippen LogP contribution is 2.06. The average Bonchev–Trinajstić information content (AvgIpc) is 2.39. The molecule has 108 valence electrons. The van der Waals surface area contributed by atoms with Crippen LogP contribution in [0.4, 0.5) is 0 Å². The highest BCUT2D eigenvalue weighted by molar-refractivity contribution is 5.85. The van der Waals surface area contributed by atoms with Gasteiger partial charge in [0.15, 0.2) is 0 Å². The minimum absolute atomic E-state index is 0. The molecule has 3 N–H and O–H groups in total. The smallest absolute Gasteiger partial charge is 0.237 e. The zero-order valence-corrected chi connectivity index (χ0v) is 12.8. The van der Waals surface area contributed by atoms with Crippen molar-refractivity contribution < 1.29 is 4.79 Å². The minimum Gasteiger partial charge on any atom is -0.354 e. The fraction of sp³-hybridized carbons (Fsp3) is 0.533. The van der Waals surface area contributed by atoms with Crippen molar-refractivity contribution in [1.82, 2.24) is 5.32 Å². The standard InChI is InChI=1S/C15H24N2O.ClH/c1-4-12(3)14(16)15(18)17-10-9-13-7-5-11(2)6-8-13;/h5-8,12,14H,4,9-10,16H2,1-3H3,(H,17,18);1H. The maximum Gasteiger partial charge on any atom is 0.237 e. The van der Waals surface area contributed by atoms with Crippen molar-refractivity contribution in [2.24, 2.45) is 11.7 Å². The van der Waals surface area contributed by atoms with Gasteiger partial charge >= 0.3 is 0 Å². The molecule has 0 aliphatic rings. The van der Waals surface area contributed by atoms with Crippen LogP contribution in [0, 0.1) is 12.8 Å². The van der Waals surface area contributed by atoms with E-state index in [1.807, 2.05) is 13.8 Å². The van der Waals surface area contributed by atoms with E-state index in [2.05, 4.69) is 36.5 Å². The fourth-order valence-corrected chi connectivity index (χ4v) is 1.71. The van der Waals surface area contributed by atoms with Gasteiger partial charge in [0.05, 0.1) is 6.04 Å². The number of nitrogens with one attached hydrogen (secondary N) is 1. The van der Waals surface area contributed by atoms with Gasteiger partial charge in [-0.25, -0.2) is 0 Å². The van der Waals surface area contributed by atoms with E-state index in [4.69, 9.17) is 5.73 Å². The third kappa shape index (κ3) is 6.08. The molecule has 0 aliphatic carbocycles. The predicted molar refractivity (Wildman–Crippen MR) is 82.6 cm³/mol. The Hall–Kier alpha value is -1.06. The maximum atomic E-state index is 11.8. The molecule has 3 nitrogen and oxygen atoms in total. The monoisotopic (exact) mass is 284 g/mol. The lowest BCUT2D eigenvalue weighted by Crippen LogP contribution is -2.45. The number of carbonyl (C=O) groups excluding carboxylic acids is 1. The predicted octanol–water partition coefficient (Wildman–Crippen LogP) is 2.45. The Morgan fingerprint density at radius 1 is 1.32 bits per heavy atom. The fourth-order valence-electron chi connectivity index (χ4n) is 1.71. The van der Waals surface area contributed by atoms with Crippen LogP contribution in [0.3, 0.4) is 0 Å². The lowest BCUT2D eigenvalue weighted by atomic mass is 9.99. The normalized spacial score (nSPS) is 13.3. The summed E-state index contributed by atoms with van der Waals surface area (Å²) in [6, 6.07) is 7.96. The van der Waals surface area contributed by atoms with Gasteiger partial charge in [0, 0.05) is 6.54 Å². The number of rotatable bonds is 6. The van der Waals surface area contributed by atoms with Crippen molar-refractivity contribution in [1.29, 1.82) is 0 Å². The topological polar surface area (TPSA) is 55.1 Å². The molecule has 1 aromatic rings. The molecule has 0 fully saturated rings. The van der Waals surface area contributed by atoms with Gasteiger partial charge in [-0.1, -0.05) is 50.1 Å². The van der Waals surface area contributed by atoms with Gasteiger partial charge in [-0.2, -0.15) is 0 Å². The van der Waals surface area contributed by atoms with Gasteiger partial charge in [0.2, 0.25) is 5.91 Å². The van der Waals surface area contributed by atoms with Crippen molar-refractivity contribution in [2.75, 3.05) is 6.54 Å². The molecule has 1 aromatic carbocycles. The maximum absolute atomic E-state index is 11.8. The van der Waals surface area contributed by atoms with Crippen LogP contribution in [0.2, 0.25) is 0 Å². The van der Waals surface area contributed by atoms with Crippen LogP contribution in [-0.2, 0) is 11.2 Å². The second-order valence-electron chi connectivity index (χ2n) is 4.94. The van der Waals surface area contributed by atoms with Crippen molar-refractivity contribution in [2.45, 2.75) is 39.7 Å². The van der Waals surface area contributed by atoms with E-state index in [1.165, 1.54) is 11.1 Å². The summed E-state index contributed by atoms with van der Waals surface area (Å²) in [5, 5.41) is 2.90. The molecule has 1 rings (SSSR count). The largest absolute Gasteiger partial charge is 0.354 e. The van der Waals surface area contributed by atoms with Crippen molar-refractivity contribution in [3.63, 3.8) is 0 Å². The zero-order valence-electron chi connectivity index (χ0n) is 12.0. The quantitative estimate of drug-likeness (QED) is 0.843. The molecule has 0 heterocycles. The molecular weight excluding hydrogens is 260 g/mol. The van der Waals surface area contributed by atoms with E-state index in [1.54, 1.807) is 0 Å². The number of amides is 1. The first-order valence-corrected chi connectivity index (χ1v) is 6.63. The van der Waals surface area contributed by atoms with Crippen LogP contribution in [0.1, 0.15) is 31.4 Å². The van der Waals surface area contributed by atoms with Crippen LogP contribution < -0.4 is 11.1 Å². The Morgan fingerprint density at radius 3 is 2.42 bits per heavy atom. The molecule has 1 amide bonds. The summed E-state index contributed by atoms with van der Waals surface area (Å²) in [6.45, 7) is 6.76. The SMILES string of the molecule is CCC(C)C(N)C(=O)NCCc1ccc(C)cc1.Cl. The van der Waals surface area contributed by atoms with Crippen LogP contribution in [0.25, 0.3) is 0 Å².